The second-order valence-electron chi connectivity index (χ2n) is 7.76. The predicted molar refractivity (Wildman–Crippen MR) is 104 cm³/mol. The lowest BCUT2D eigenvalue weighted by atomic mass is 10.1. The maximum atomic E-state index is 12.7. The van der Waals surface area contributed by atoms with Crippen LogP contribution in [0, 0.1) is 11.3 Å². The first-order valence-corrected chi connectivity index (χ1v) is 9.30. The first-order valence-electron chi connectivity index (χ1n) is 9.30. The summed E-state index contributed by atoms with van der Waals surface area (Å²) in [6.07, 6.45) is 7.70. The Kier molecular flexibility index (Phi) is 5.58. The van der Waals surface area contributed by atoms with Crippen molar-refractivity contribution in [1.82, 2.24) is 10.3 Å². The molecular formula is C20H26N4O3. The second-order valence-corrected chi connectivity index (χ2v) is 7.76. The Morgan fingerprint density at radius 2 is 2.07 bits per heavy atom. The largest absolute Gasteiger partial charge is 0.491 e. The zero-order valence-corrected chi connectivity index (χ0v) is 16.0. The highest BCUT2D eigenvalue weighted by molar-refractivity contribution is 6.12. The number of dihydropyridines is 1. The molecule has 1 aromatic rings. The van der Waals surface area contributed by atoms with E-state index in [1.165, 1.54) is 0 Å². The van der Waals surface area contributed by atoms with Crippen molar-refractivity contribution >= 4 is 23.3 Å². The molecule has 0 radical (unpaired) electrons. The molecule has 0 unspecified atom stereocenters. The van der Waals surface area contributed by atoms with Gasteiger partial charge in [-0.1, -0.05) is 20.8 Å². The lowest BCUT2D eigenvalue weighted by Crippen LogP contribution is -2.34. The first-order chi connectivity index (χ1) is 12.9. The van der Waals surface area contributed by atoms with Crippen LogP contribution in [0.4, 0.5) is 5.69 Å². The topological polar surface area (TPSA) is 92.7 Å². The number of aromatic nitrogens is 1. The summed E-state index contributed by atoms with van der Waals surface area (Å²) < 4.78 is 5.90. The van der Waals surface area contributed by atoms with Crippen LogP contribution in [-0.2, 0) is 9.59 Å². The Bertz CT molecular complexity index is 794. The van der Waals surface area contributed by atoms with E-state index in [2.05, 4.69) is 27.5 Å². The van der Waals surface area contributed by atoms with Crippen molar-refractivity contribution in [1.29, 1.82) is 0 Å². The Morgan fingerprint density at radius 3 is 2.78 bits per heavy atom. The number of nitrogens with zero attached hydrogens (tertiary/aromatic N) is 2. The van der Waals surface area contributed by atoms with Gasteiger partial charge < -0.3 is 15.4 Å². The molecule has 2 N–H and O–H groups in total. The molecule has 1 fully saturated rings. The van der Waals surface area contributed by atoms with Gasteiger partial charge in [0.05, 0.1) is 12.8 Å². The number of aliphatic imine (C=N–C) groups is 1. The van der Waals surface area contributed by atoms with E-state index in [0.29, 0.717) is 42.4 Å². The number of amides is 2. The summed E-state index contributed by atoms with van der Waals surface area (Å²) in [5, 5.41) is 5.61. The van der Waals surface area contributed by atoms with E-state index in [1.54, 1.807) is 24.5 Å². The molecular weight excluding hydrogens is 344 g/mol. The number of anilines is 1. The molecule has 0 atom stereocenters. The van der Waals surface area contributed by atoms with Crippen molar-refractivity contribution < 1.29 is 14.3 Å². The third kappa shape index (κ3) is 5.15. The highest BCUT2D eigenvalue weighted by Gasteiger charge is 2.38. The van der Waals surface area contributed by atoms with Crippen LogP contribution in [0.15, 0.2) is 35.1 Å². The second kappa shape index (κ2) is 7.90. The summed E-state index contributed by atoms with van der Waals surface area (Å²) in [5.41, 5.74) is 1.35. The van der Waals surface area contributed by atoms with Gasteiger partial charge >= 0.3 is 0 Å². The standard InChI is InChI=1S/C20H26N4O3/c1-13(2)18(25)24-17-10-14(4-9-22-17)19(26)23-15-11-21-8-5-16(15)27-12-20(3)6-7-20/h5,8,10-11,13H,4,6-7,9,12H2,1-3H3,(H,23,26)(H,22,24,25). The summed E-state index contributed by atoms with van der Waals surface area (Å²) in [6.45, 7) is 6.89. The molecule has 0 aromatic carbocycles. The molecule has 0 bridgehead atoms. The van der Waals surface area contributed by atoms with E-state index in [4.69, 9.17) is 4.74 Å². The fourth-order valence-electron chi connectivity index (χ4n) is 2.52. The minimum absolute atomic E-state index is 0.122. The number of carbonyl (C=O) groups excluding carboxylic acids is 2. The van der Waals surface area contributed by atoms with Gasteiger partial charge in [0.25, 0.3) is 5.91 Å². The maximum absolute atomic E-state index is 12.7. The number of carbonyl (C=O) groups is 2. The van der Waals surface area contributed by atoms with E-state index in [-0.39, 0.29) is 23.1 Å². The smallest absolute Gasteiger partial charge is 0.251 e. The van der Waals surface area contributed by atoms with Gasteiger partial charge in [0.15, 0.2) is 0 Å². The van der Waals surface area contributed by atoms with Gasteiger partial charge in [-0.15, -0.1) is 0 Å². The minimum Gasteiger partial charge on any atom is -0.491 e. The van der Waals surface area contributed by atoms with Crippen LogP contribution in [0.2, 0.25) is 0 Å². The van der Waals surface area contributed by atoms with Crippen LogP contribution in [0.1, 0.15) is 40.0 Å². The van der Waals surface area contributed by atoms with Crippen LogP contribution < -0.4 is 15.4 Å². The van der Waals surface area contributed by atoms with Crippen molar-refractivity contribution in [3.63, 3.8) is 0 Å². The van der Waals surface area contributed by atoms with Gasteiger partial charge in [-0.25, -0.2) is 0 Å². The Hall–Kier alpha value is -2.70. The van der Waals surface area contributed by atoms with Crippen molar-refractivity contribution in [2.45, 2.75) is 40.0 Å². The van der Waals surface area contributed by atoms with Crippen LogP contribution in [-0.4, -0.2) is 35.8 Å². The van der Waals surface area contributed by atoms with E-state index in [9.17, 15) is 9.59 Å². The van der Waals surface area contributed by atoms with E-state index < -0.39 is 0 Å². The molecule has 144 valence electrons. The van der Waals surface area contributed by atoms with Crippen LogP contribution >= 0.6 is 0 Å². The van der Waals surface area contributed by atoms with Crippen LogP contribution in [0.5, 0.6) is 5.75 Å². The third-order valence-corrected chi connectivity index (χ3v) is 4.75. The highest BCUT2D eigenvalue weighted by atomic mass is 16.5. The fraction of sp³-hybridized carbons (Fsp3) is 0.500. The Labute approximate surface area is 159 Å². The number of hydrogen-bond acceptors (Lipinski definition) is 5. The van der Waals surface area contributed by atoms with Crippen LogP contribution in [0.3, 0.4) is 0 Å². The summed E-state index contributed by atoms with van der Waals surface area (Å²) in [5.74, 6) is 0.530. The molecule has 1 saturated carbocycles. The molecule has 2 heterocycles. The van der Waals surface area contributed by atoms with E-state index in [0.717, 1.165) is 12.8 Å². The number of nitrogens with one attached hydrogen (secondary N) is 2. The lowest BCUT2D eigenvalue weighted by molar-refractivity contribution is -0.122. The molecule has 3 rings (SSSR count). The van der Waals surface area contributed by atoms with Gasteiger partial charge in [0.2, 0.25) is 5.91 Å². The van der Waals surface area contributed by atoms with Gasteiger partial charge in [-0.2, -0.15) is 0 Å². The van der Waals surface area contributed by atoms with Gasteiger partial charge in [-0.05, 0) is 25.3 Å². The number of hydrogen-bond donors (Lipinski definition) is 2. The number of ether oxygens (including phenoxy) is 1. The number of amidine groups is 1. The van der Waals surface area contributed by atoms with Gasteiger partial charge in [0.1, 0.15) is 17.3 Å². The first kappa shape index (κ1) is 19.1. The molecule has 0 saturated heterocycles. The number of pyridine rings is 1. The lowest BCUT2D eigenvalue weighted by Gasteiger charge is -2.17. The van der Waals surface area contributed by atoms with Gasteiger partial charge in [-0.3, -0.25) is 19.6 Å². The summed E-state index contributed by atoms with van der Waals surface area (Å²) in [4.78, 5) is 32.8. The molecule has 7 nitrogen and oxygen atoms in total. The quantitative estimate of drug-likeness (QED) is 0.805. The average molecular weight is 370 g/mol. The van der Waals surface area contributed by atoms with Crippen molar-refractivity contribution in [3.8, 4) is 5.75 Å². The third-order valence-electron chi connectivity index (χ3n) is 4.75. The van der Waals surface area contributed by atoms with Crippen LogP contribution in [0.25, 0.3) is 0 Å². The van der Waals surface area contributed by atoms with E-state index >= 15 is 0 Å². The van der Waals surface area contributed by atoms with Crippen molar-refractivity contribution in [2.75, 3.05) is 18.5 Å². The predicted octanol–water partition coefficient (Wildman–Crippen LogP) is 2.70. The molecule has 2 aliphatic rings. The molecule has 0 spiro atoms. The zero-order valence-electron chi connectivity index (χ0n) is 16.0. The van der Waals surface area contributed by atoms with E-state index in [1.807, 2.05) is 13.8 Å². The van der Waals surface area contributed by atoms with Crippen molar-refractivity contribution in [2.24, 2.45) is 16.3 Å². The highest BCUT2D eigenvalue weighted by Crippen LogP contribution is 2.45. The summed E-state index contributed by atoms with van der Waals surface area (Å²) >= 11 is 0. The summed E-state index contributed by atoms with van der Waals surface area (Å²) in [6, 6.07) is 1.76. The molecule has 1 aliphatic heterocycles. The minimum atomic E-state index is -0.239. The molecule has 1 aliphatic carbocycles. The fourth-order valence-corrected chi connectivity index (χ4v) is 2.52. The Morgan fingerprint density at radius 1 is 1.30 bits per heavy atom. The van der Waals surface area contributed by atoms with Gasteiger partial charge in [0, 0.05) is 35.7 Å². The normalized spacial score (nSPS) is 17.6. The Balaban J connectivity index is 1.65. The average Bonchev–Trinajstić information content (AvgIpc) is 3.39. The SMILES string of the molecule is CC(C)C(=O)NC1=NCCC(C(=O)Nc2cnccc2OCC2(C)CC2)=C1. The molecule has 1 aromatic heterocycles. The molecule has 2 amide bonds. The summed E-state index contributed by atoms with van der Waals surface area (Å²) in [7, 11) is 0. The molecule has 27 heavy (non-hydrogen) atoms. The monoisotopic (exact) mass is 370 g/mol. The zero-order chi connectivity index (χ0) is 19.4. The van der Waals surface area contributed by atoms with Crippen molar-refractivity contribution in [3.05, 3.63) is 30.1 Å². The maximum Gasteiger partial charge on any atom is 0.251 e. The number of rotatable bonds is 6. The molecule has 7 heteroatoms.